The van der Waals surface area contributed by atoms with Gasteiger partial charge in [0.15, 0.2) is 28.6 Å². The number of carbonyl (C=O) groups is 1. The fourth-order valence-electron chi connectivity index (χ4n) is 3.69. The van der Waals surface area contributed by atoms with Crippen molar-refractivity contribution in [1.82, 2.24) is 14.8 Å². The molecule has 0 bridgehead atoms. The Balaban J connectivity index is 1.27. The summed E-state index contributed by atoms with van der Waals surface area (Å²) in [6.07, 6.45) is 1.37. The molecule has 33 heavy (non-hydrogen) atoms. The molecule has 1 aliphatic rings. The van der Waals surface area contributed by atoms with Crippen molar-refractivity contribution in [2.45, 2.75) is 17.8 Å². The van der Waals surface area contributed by atoms with Gasteiger partial charge in [-0.15, -0.1) is 16.8 Å². The van der Waals surface area contributed by atoms with Crippen molar-refractivity contribution in [2.24, 2.45) is 0 Å². The van der Waals surface area contributed by atoms with Gasteiger partial charge in [0.05, 0.1) is 5.75 Å². The van der Waals surface area contributed by atoms with Gasteiger partial charge in [-0.25, -0.2) is 0 Å². The third-order valence-corrected chi connectivity index (χ3v) is 6.19. The molecular weight excluding hydrogens is 436 g/mol. The van der Waals surface area contributed by atoms with Gasteiger partial charge in [-0.3, -0.25) is 9.36 Å². The van der Waals surface area contributed by atoms with Gasteiger partial charge in [-0.2, -0.15) is 0 Å². The Morgan fingerprint density at radius 2 is 1.88 bits per heavy atom. The van der Waals surface area contributed by atoms with Crippen molar-refractivity contribution in [3.63, 3.8) is 0 Å². The molecule has 3 aromatic carbocycles. The Hall–Kier alpha value is -3.78. The third-order valence-electron chi connectivity index (χ3n) is 5.22. The van der Waals surface area contributed by atoms with Crippen molar-refractivity contribution < 1.29 is 14.3 Å². The molecule has 7 nitrogen and oxygen atoms in total. The molecule has 0 unspecified atom stereocenters. The molecule has 2 heterocycles. The normalized spacial score (nSPS) is 14.7. The molecule has 1 amide bonds. The van der Waals surface area contributed by atoms with Crippen LogP contribution >= 0.6 is 11.8 Å². The van der Waals surface area contributed by atoms with Crippen LogP contribution in [0.5, 0.6) is 11.5 Å². The van der Waals surface area contributed by atoms with Crippen molar-refractivity contribution in [3.8, 4) is 11.5 Å². The number of nitrogens with zero attached hydrogens (tertiary/aromatic N) is 3. The van der Waals surface area contributed by atoms with Gasteiger partial charge in [0.2, 0.25) is 5.91 Å². The van der Waals surface area contributed by atoms with E-state index < -0.39 is 6.10 Å². The molecule has 1 aliphatic heterocycles. The van der Waals surface area contributed by atoms with Crippen LogP contribution in [0, 0.1) is 0 Å². The van der Waals surface area contributed by atoms with Gasteiger partial charge >= 0.3 is 0 Å². The van der Waals surface area contributed by atoms with Crippen LogP contribution in [0.15, 0.2) is 84.5 Å². The van der Waals surface area contributed by atoms with Gasteiger partial charge in [-0.1, -0.05) is 60.3 Å². The number of fused-ring (bicyclic) bond motifs is 2. The Labute approximate surface area is 195 Å². The lowest BCUT2D eigenvalue weighted by atomic mass is 10.1. The highest BCUT2D eigenvalue weighted by Gasteiger charge is 2.28. The van der Waals surface area contributed by atoms with Gasteiger partial charge in [0.1, 0.15) is 6.61 Å². The van der Waals surface area contributed by atoms with E-state index in [1.165, 1.54) is 11.8 Å². The maximum absolute atomic E-state index is 12.6. The Kier molecular flexibility index (Phi) is 5.99. The Morgan fingerprint density at radius 1 is 1.09 bits per heavy atom. The van der Waals surface area contributed by atoms with E-state index in [-0.39, 0.29) is 11.7 Å². The smallest absolute Gasteiger partial charge is 0.234 e. The van der Waals surface area contributed by atoms with Crippen molar-refractivity contribution >= 4 is 34.1 Å². The summed E-state index contributed by atoms with van der Waals surface area (Å²) in [6.45, 7) is 4.67. The second-order valence-electron chi connectivity index (χ2n) is 7.50. The van der Waals surface area contributed by atoms with Crippen LogP contribution in [0.1, 0.15) is 11.9 Å². The fourth-order valence-corrected chi connectivity index (χ4v) is 4.44. The number of nitrogens with one attached hydrogen (secondary N) is 1. The lowest BCUT2D eigenvalue weighted by Crippen LogP contribution is -2.25. The molecule has 0 radical (unpaired) electrons. The number of aromatic nitrogens is 3. The van der Waals surface area contributed by atoms with Crippen molar-refractivity contribution in [2.75, 3.05) is 17.7 Å². The minimum atomic E-state index is -0.395. The van der Waals surface area contributed by atoms with Crippen LogP contribution in [0.3, 0.4) is 0 Å². The zero-order valence-corrected chi connectivity index (χ0v) is 18.6. The van der Waals surface area contributed by atoms with Gasteiger partial charge < -0.3 is 14.8 Å². The summed E-state index contributed by atoms with van der Waals surface area (Å²) in [6, 6.07) is 21.4. The lowest BCUT2D eigenvalue weighted by Gasteiger charge is -2.26. The number of amides is 1. The number of hydrogen-bond acceptors (Lipinski definition) is 6. The molecule has 1 N–H and O–H groups in total. The first kappa shape index (κ1) is 21.1. The summed E-state index contributed by atoms with van der Waals surface area (Å²) in [5.41, 5.74) is 0.763. The van der Waals surface area contributed by atoms with Crippen LogP contribution in [0.4, 0.5) is 5.69 Å². The number of para-hydroxylation sites is 2. The van der Waals surface area contributed by atoms with Crippen LogP contribution in [-0.4, -0.2) is 33.0 Å². The SMILES string of the molecule is C=CCn1c(SCC(=O)Nc2ccc3ccccc3c2)nnc1[C@H]1COc2ccccc2O1. The number of benzene rings is 3. The molecule has 1 atom stereocenters. The standard InChI is InChI=1S/C25H22N4O3S/c1-2-13-29-24(22-15-31-20-9-5-6-10-21(20)32-22)27-28-25(29)33-16-23(30)26-19-12-11-17-7-3-4-8-18(17)14-19/h2-12,14,22H,1,13,15-16H2,(H,26,30)/t22-/m1/s1. The predicted molar refractivity (Wildman–Crippen MR) is 129 cm³/mol. The maximum atomic E-state index is 12.6. The first-order chi connectivity index (χ1) is 16.2. The summed E-state index contributed by atoms with van der Waals surface area (Å²) in [4.78, 5) is 12.6. The predicted octanol–water partition coefficient (Wildman–Crippen LogP) is 4.86. The average Bonchev–Trinajstić information content (AvgIpc) is 3.25. The molecule has 0 saturated heterocycles. The second-order valence-corrected chi connectivity index (χ2v) is 8.45. The van der Waals surface area contributed by atoms with E-state index in [0.717, 1.165) is 16.5 Å². The maximum Gasteiger partial charge on any atom is 0.234 e. The first-order valence-electron chi connectivity index (χ1n) is 10.5. The minimum absolute atomic E-state index is 0.115. The quantitative estimate of drug-likeness (QED) is 0.315. The molecule has 5 rings (SSSR count). The fraction of sp³-hybridized carbons (Fsp3) is 0.160. The zero-order chi connectivity index (χ0) is 22.6. The highest BCUT2D eigenvalue weighted by molar-refractivity contribution is 7.99. The van der Waals surface area contributed by atoms with E-state index in [4.69, 9.17) is 9.47 Å². The number of allylic oxidation sites excluding steroid dienone is 1. The summed E-state index contributed by atoms with van der Waals surface area (Å²) in [5, 5.41) is 14.4. The van der Waals surface area contributed by atoms with Gasteiger partial charge in [-0.05, 0) is 35.0 Å². The number of anilines is 1. The number of carbonyl (C=O) groups excluding carboxylic acids is 1. The van der Waals surface area contributed by atoms with E-state index in [2.05, 4.69) is 22.1 Å². The largest absolute Gasteiger partial charge is 0.485 e. The molecule has 0 aliphatic carbocycles. The molecule has 0 fully saturated rings. The van der Waals surface area contributed by atoms with Crippen LogP contribution < -0.4 is 14.8 Å². The summed E-state index contributed by atoms with van der Waals surface area (Å²) >= 11 is 1.32. The topological polar surface area (TPSA) is 78.3 Å². The second kappa shape index (κ2) is 9.38. The Bertz CT molecular complexity index is 1320. The van der Waals surface area contributed by atoms with Gasteiger partial charge in [0, 0.05) is 12.2 Å². The van der Waals surface area contributed by atoms with E-state index in [9.17, 15) is 4.79 Å². The molecule has 1 aromatic heterocycles. The third kappa shape index (κ3) is 4.56. The number of rotatable bonds is 7. The molecule has 166 valence electrons. The summed E-state index contributed by atoms with van der Waals surface area (Å²) < 4.78 is 13.8. The number of hydrogen-bond donors (Lipinski definition) is 1. The van der Waals surface area contributed by atoms with Crippen molar-refractivity contribution in [1.29, 1.82) is 0 Å². The molecule has 4 aromatic rings. The van der Waals surface area contributed by atoms with E-state index in [1.807, 2.05) is 71.3 Å². The molecule has 0 spiro atoms. The van der Waals surface area contributed by atoms with Crippen LogP contribution in [0.2, 0.25) is 0 Å². The Morgan fingerprint density at radius 3 is 2.73 bits per heavy atom. The number of thioether (sulfide) groups is 1. The van der Waals surface area contributed by atoms with E-state index in [1.54, 1.807) is 6.08 Å². The summed E-state index contributed by atoms with van der Waals surface area (Å²) in [7, 11) is 0. The molecular formula is C25H22N4O3S. The molecule has 0 saturated carbocycles. The van der Waals surface area contributed by atoms with E-state index in [0.29, 0.717) is 35.6 Å². The minimum Gasteiger partial charge on any atom is -0.485 e. The highest BCUT2D eigenvalue weighted by atomic mass is 32.2. The van der Waals surface area contributed by atoms with Crippen LogP contribution in [0.25, 0.3) is 10.8 Å². The highest BCUT2D eigenvalue weighted by Crippen LogP contribution is 2.36. The molecule has 8 heteroatoms. The summed E-state index contributed by atoms with van der Waals surface area (Å²) in [5.74, 6) is 2.11. The lowest BCUT2D eigenvalue weighted by molar-refractivity contribution is -0.113. The average molecular weight is 459 g/mol. The first-order valence-corrected chi connectivity index (χ1v) is 11.5. The van der Waals surface area contributed by atoms with Crippen LogP contribution in [-0.2, 0) is 11.3 Å². The van der Waals surface area contributed by atoms with Crippen molar-refractivity contribution in [3.05, 3.63) is 85.2 Å². The van der Waals surface area contributed by atoms with Gasteiger partial charge in [0.25, 0.3) is 0 Å². The monoisotopic (exact) mass is 458 g/mol. The number of ether oxygens (including phenoxy) is 2. The zero-order valence-electron chi connectivity index (χ0n) is 17.8. The van der Waals surface area contributed by atoms with E-state index >= 15 is 0 Å².